The highest BCUT2D eigenvalue weighted by Gasteiger charge is 2.28. The number of piperazine rings is 1. The molecule has 2 aliphatic heterocycles. The highest BCUT2D eigenvalue weighted by Crippen LogP contribution is 2.24. The van der Waals surface area contributed by atoms with Crippen LogP contribution >= 0.6 is 0 Å². The third-order valence-electron chi connectivity index (χ3n) is 5.32. The molecule has 0 aliphatic carbocycles. The SMILES string of the molecule is O=C(/C=C/c1ccc(N2CCCS2(=O)=O)cc1)N1CCN(c2ccncc2)CC1. The van der Waals surface area contributed by atoms with E-state index >= 15 is 0 Å². The van der Waals surface area contributed by atoms with Crippen molar-refractivity contribution >= 4 is 33.4 Å². The summed E-state index contributed by atoms with van der Waals surface area (Å²) in [6.07, 6.45) is 7.58. The van der Waals surface area contributed by atoms with Crippen molar-refractivity contribution in [2.75, 3.05) is 47.7 Å². The van der Waals surface area contributed by atoms with Crippen LogP contribution < -0.4 is 9.21 Å². The molecule has 2 aromatic rings. The molecule has 0 spiro atoms. The summed E-state index contributed by atoms with van der Waals surface area (Å²) < 4.78 is 25.5. The van der Waals surface area contributed by atoms with Crippen LogP contribution in [-0.4, -0.2) is 62.7 Å². The Hall–Kier alpha value is -2.87. The molecule has 2 aliphatic rings. The Kier molecular flexibility index (Phi) is 5.53. The zero-order chi connectivity index (χ0) is 20.3. The fraction of sp³-hybridized carbons (Fsp3) is 0.333. The van der Waals surface area contributed by atoms with Gasteiger partial charge in [0.05, 0.1) is 11.4 Å². The van der Waals surface area contributed by atoms with Gasteiger partial charge in [-0.15, -0.1) is 0 Å². The van der Waals surface area contributed by atoms with Gasteiger partial charge in [0.15, 0.2) is 0 Å². The molecule has 0 saturated carbocycles. The predicted octanol–water partition coefficient (Wildman–Crippen LogP) is 1.98. The zero-order valence-electron chi connectivity index (χ0n) is 16.1. The van der Waals surface area contributed by atoms with Gasteiger partial charge in [-0.1, -0.05) is 12.1 Å². The van der Waals surface area contributed by atoms with Crippen molar-refractivity contribution in [1.82, 2.24) is 9.88 Å². The van der Waals surface area contributed by atoms with E-state index in [9.17, 15) is 13.2 Å². The van der Waals surface area contributed by atoms with Gasteiger partial charge in [-0.25, -0.2) is 8.42 Å². The molecule has 2 fully saturated rings. The Bertz CT molecular complexity index is 982. The minimum absolute atomic E-state index is 0.00873. The number of hydrogen-bond donors (Lipinski definition) is 0. The average Bonchev–Trinajstić information content (AvgIpc) is 3.12. The molecule has 152 valence electrons. The quantitative estimate of drug-likeness (QED) is 0.718. The second-order valence-corrected chi connectivity index (χ2v) is 9.20. The van der Waals surface area contributed by atoms with Gasteiger partial charge in [0.1, 0.15) is 0 Å². The number of sulfonamides is 1. The van der Waals surface area contributed by atoms with Gasteiger partial charge in [-0.2, -0.15) is 0 Å². The molecule has 7 nitrogen and oxygen atoms in total. The fourth-order valence-electron chi connectivity index (χ4n) is 3.69. The molecule has 3 heterocycles. The topological polar surface area (TPSA) is 73.8 Å². The highest BCUT2D eigenvalue weighted by molar-refractivity contribution is 7.93. The number of pyridine rings is 1. The normalized spacial score (nSPS) is 19.1. The van der Waals surface area contributed by atoms with Crippen molar-refractivity contribution in [3.05, 3.63) is 60.4 Å². The Morgan fingerprint density at radius 1 is 0.897 bits per heavy atom. The largest absolute Gasteiger partial charge is 0.368 e. The number of hydrogen-bond acceptors (Lipinski definition) is 5. The Morgan fingerprint density at radius 2 is 1.59 bits per heavy atom. The van der Waals surface area contributed by atoms with E-state index in [0.717, 1.165) is 24.3 Å². The number of carbonyl (C=O) groups excluding carboxylic acids is 1. The van der Waals surface area contributed by atoms with Crippen LogP contribution in [0.4, 0.5) is 11.4 Å². The lowest BCUT2D eigenvalue weighted by atomic mass is 10.2. The third kappa shape index (κ3) is 4.42. The molecule has 29 heavy (non-hydrogen) atoms. The summed E-state index contributed by atoms with van der Waals surface area (Å²) in [5.74, 6) is 0.197. The third-order valence-corrected chi connectivity index (χ3v) is 7.19. The number of anilines is 2. The van der Waals surface area contributed by atoms with Crippen LogP contribution in [0.2, 0.25) is 0 Å². The van der Waals surface area contributed by atoms with E-state index in [1.165, 1.54) is 4.31 Å². The van der Waals surface area contributed by atoms with Crippen LogP contribution in [0.25, 0.3) is 6.08 Å². The maximum absolute atomic E-state index is 12.5. The first-order valence-corrected chi connectivity index (χ1v) is 11.4. The van der Waals surface area contributed by atoms with E-state index in [1.54, 1.807) is 36.7 Å². The van der Waals surface area contributed by atoms with Crippen LogP contribution in [0, 0.1) is 0 Å². The van der Waals surface area contributed by atoms with E-state index in [2.05, 4.69) is 9.88 Å². The van der Waals surface area contributed by atoms with Crippen molar-refractivity contribution < 1.29 is 13.2 Å². The van der Waals surface area contributed by atoms with E-state index < -0.39 is 10.0 Å². The van der Waals surface area contributed by atoms with Crippen LogP contribution in [-0.2, 0) is 14.8 Å². The van der Waals surface area contributed by atoms with E-state index in [1.807, 2.05) is 29.2 Å². The first-order chi connectivity index (χ1) is 14.0. The van der Waals surface area contributed by atoms with E-state index in [0.29, 0.717) is 31.7 Å². The van der Waals surface area contributed by atoms with Crippen LogP contribution in [0.1, 0.15) is 12.0 Å². The monoisotopic (exact) mass is 412 g/mol. The molecule has 4 rings (SSSR count). The van der Waals surface area contributed by atoms with Gasteiger partial charge in [-0.05, 0) is 42.3 Å². The number of benzene rings is 1. The van der Waals surface area contributed by atoms with Crippen molar-refractivity contribution in [2.24, 2.45) is 0 Å². The van der Waals surface area contributed by atoms with Crippen LogP contribution in [0.3, 0.4) is 0 Å². The number of aromatic nitrogens is 1. The number of amides is 1. The molecule has 0 radical (unpaired) electrons. The second kappa shape index (κ2) is 8.24. The highest BCUT2D eigenvalue weighted by atomic mass is 32.2. The van der Waals surface area contributed by atoms with Crippen molar-refractivity contribution in [3.63, 3.8) is 0 Å². The summed E-state index contributed by atoms with van der Waals surface area (Å²) >= 11 is 0. The summed E-state index contributed by atoms with van der Waals surface area (Å²) in [7, 11) is -3.17. The lowest BCUT2D eigenvalue weighted by Gasteiger charge is -2.35. The van der Waals surface area contributed by atoms with Gasteiger partial charge in [0.25, 0.3) is 0 Å². The van der Waals surface area contributed by atoms with Crippen molar-refractivity contribution in [2.45, 2.75) is 6.42 Å². The molecule has 8 heteroatoms. The molecule has 2 saturated heterocycles. The van der Waals surface area contributed by atoms with Crippen LogP contribution in [0.5, 0.6) is 0 Å². The van der Waals surface area contributed by atoms with Crippen molar-refractivity contribution in [1.29, 1.82) is 0 Å². The summed E-state index contributed by atoms with van der Waals surface area (Å²) in [6, 6.07) is 11.2. The smallest absolute Gasteiger partial charge is 0.246 e. The Labute approximate surface area is 171 Å². The number of nitrogens with zero attached hydrogens (tertiary/aromatic N) is 4. The molecule has 0 atom stereocenters. The summed E-state index contributed by atoms with van der Waals surface area (Å²) in [4.78, 5) is 20.6. The van der Waals surface area contributed by atoms with Crippen molar-refractivity contribution in [3.8, 4) is 0 Å². The average molecular weight is 413 g/mol. The summed E-state index contributed by atoms with van der Waals surface area (Å²) in [6.45, 7) is 3.47. The van der Waals surface area contributed by atoms with Gasteiger partial charge in [0, 0.05) is 56.9 Å². The minimum Gasteiger partial charge on any atom is -0.368 e. The number of rotatable bonds is 4. The molecule has 0 N–H and O–H groups in total. The lowest BCUT2D eigenvalue weighted by Crippen LogP contribution is -2.48. The second-order valence-electron chi connectivity index (χ2n) is 7.18. The lowest BCUT2D eigenvalue weighted by molar-refractivity contribution is -0.126. The molecular weight excluding hydrogens is 388 g/mol. The van der Waals surface area contributed by atoms with E-state index in [4.69, 9.17) is 0 Å². The summed E-state index contributed by atoms with van der Waals surface area (Å²) in [5, 5.41) is 0. The maximum Gasteiger partial charge on any atom is 0.246 e. The van der Waals surface area contributed by atoms with Gasteiger partial charge >= 0.3 is 0 Å². The molecule has 1 aromatic carbocycles. The first kappa shape index (κ1) is 19.4. The zero-order valence-corrected chi connectivity index (χ0v) is 17.0. The Morgan fingerprint density at radius 3 is 2.21 bits per heavy atom. The molecule has 1 amide bonds. The molecule has 0 unspecified atom stereocenters. The summed E-state index contributed by atoms with van der Waals surface area (Å²) in [5.41, 5.74) is 2.68. The predicted molar refractivity (Wildman–Crippen MR) is 114 cm³/mol. The fourth-order valence-corrected chi connectivity index (χ4v) is 5.26. The standard InChI is InChI=1S/C21H24N4O3S/c26-21(24-15-13-23(14-16-24)19-8-10-22-11-9-19)7-4-18-2-5-20(6-3-18)25-12-1-17-29(25,27)28/h2-11H,1,12-17H2/b7-4+. The van der Waals surface area contributed by atoms with Crippen LogP contribution in [0.15, 0.2) is 54.9 Å². The van der Waals surface area contributed by atoms with Gasteiger partial charge in [0.2, 0.25) is 15.9 Å². The van der Waals surface area contributed by atoms with Gasteiger partial charge < -0.3 is 9.80 Å². The number of carbonyl (C=O) groups is 1. The van der Waals surface area contributed by atoms with E-state index in [-0.39, 0.29) is 11.7 Å². The molecule has 0 bridgehead atoms. The first-order valence-electron chi connectivity index (χ1n) is 9.75. The molecular formula is C21H24N4O3S. The van der Waals surface area contributed by atoms with Gasteiger partial charge in [-0.3, -0.25) is 14.1 Å². The minimum atomic E-state index is -3.17. The Balaban J connectivity index is 1.33. The maximum atomic E-state index is 12.5. The molecule has 1 aromatic heterocycles.